The van der Waals surface area contributed by atoms with E-state index in [2.05, 4.69) is 6.92 Å². The second-order valence-corrected chi connectivity index (χ2v) is 4.24. The summed E-state index contributed by atoms with van der Waals surface area (Å²) >= 11 is 5.86. The summed E-state index contributed by atoms with van der Waals surface area (Å²) in [5.74, 6) is 0.239. The van der Waals surface area contributed by atoms with Gasteiger partial charge in [0.2, 0.25) is 0 Å². The number of benzene rings is 1. The van der Waals surface area contributed by atoms with Crippen LogP contribution >= 0.6 is 24.0 Å². The van der Waals surface area contributed by atoms with Crippen molar-refractivity contribution < 1.29 is 5.11 Å². The average molecular weight is 264 g/mol. The van der Waals surface area contributed by atoms with Gasteiger partial charge in [0.1, 0.15) is 5.75 Å². The van der Waals surface area contributed by atoms with E-state index in [0.717, 1.165) is 18.4 Å². The van der Waals surface area contributed by atoms with E-state index in [1.165, 1.54) is 12.8 Å². The van der Waals surface area contributed by atoms with E-state index < -0.39 is 0 Å². The van der Waals surface area contributed by atoms with Gasteiger partial charge in [-0.05, 0) is 24.6 Å². The zero-order valence-corrected chi connectivity index (χ0v) is 11.0. The molecule has 0 aromatic heterocycles. The van der Waals surface area contributed by atoms with Crippen LogP contribution in [0.25, 0.3) is 0 Å². The van der Waals surface area contributed by atoms with Crippen LogP contribution in [-0.2, 0) is 0 Å². The van der Waals surface area contributed by atoms with Gasteiger partial charge in [0.15, 0.2) is 0 Å². The maximum Gasteiger partial charge on any atom is 0.120 e. The minimum absolute atomic E-state index is 0. The van der Waals surface area contributed by atoms with E-state index in [0.29, 0.717) is 5.02 Å². The predicted octanol–water partition coefficient (Wildman–Crippen LogP) is 4.05. The molecule has 0 saturated carbocycles. The second kappa shape index (κ2) is 7.77. The average Bonchev–Trinajstić information content (AvgIpc) is 2.22. The van der Waals surface area contributed by atoms with Gasteiger partial charge in [-0.1, -0.05) is 37.8 Å². The normalized spacial score (nSPS) is 11.9. The Labute approximate surface area is 108 Å². The van der Waals surface area contributed by atoms with E-state index in [1.807, 2.05) is 0 Å². The smallest absolute Gasteiger partial charge is 0.120 e. The molecule has 1 aromatic rings. The third-order valence-corrected chi connectivity index (χ3v) is 2.74. The summed E-state index contributed by atoms with van der Waals surface area (Å²) in [6.07, 6.45) is 4.33. The van der Waals surface area contributed by atoms with Crippen LogP contribution in [0.2, 0.25) is 5.02 Å². The van der Waals surface area contributed by atoms with Gasteiger partial charge in [-0.3, -0.25) is 0 Å². The first-order valence-electron chi connectivity index (χ1n) is 5.39. The zero-order chi connectivity index (χ0) is 11.3. The van der Waals surface area contributed by atoms with Crippen LogP contribution in [-0.4, -0.2) is 5.11 Å². The summed E-state index contributed by atoms with van der Waals surface area (Å²) in [4.78, 5) is 0. The number of halogens is 2. The van der Waals surface area contributed by atoms with Crippen molar-refractivity contribution in [3.8, 4) is 5.75 Å². The van der Waals surface area contributed by atoms with E-state index in [4.69, 9.17) is 17.3 Å². The Morgan fingerprint density at radius 2 is 2.06 bits per heavy atom. The number of aromatic hydroxyl groups is 1. The van der Waals surface area contributed by atoms with Crippen LogP contribution in [0.3, 0.4) is 0 Å². The first-order valence-corrected chi connectivity index (χ1v) is 5.77. The summed E-state index contributed by atoms with van der Waals surface area (Å²) in [7, 11) is 0. The molecule has 1 aromatic carbocycles. The highest BCUT2D eigenvalue weighted by Gasteiger charge is 2.10. The molecule has 0 unspecified atom stereocenters. The molecule has 3 N–H and O–H groups in total. The first-order chi connectivity index (χ1) is 7.15. The van der Waals surface area contributed by atoms with Gasteiger partial charge in [-0.15, -0.1) is 12.4 Å². The van der Waals surface area contributed by atoms with Crippen molar-refractivity contribution in [1.82, 2.24) is 0 Å². The fraction of sp³-hybridized carbons (Fsp3) is 0.500. The lowest BCUT2D eigenvalue weighted by molar-refractivity contribution is 0.456. The highest BCUT2D eigenvalue weighted by Crippen LogP contribution is 2.28. The number of hydrogen-bond donors (Lipinski definition) is 2. The van der Waals surface area contributed by atoms with Crippen LogP contribution in [0, 0.1) is 0 Å². The van der Waals surface area contributed by atoms with Crippen LogP contribution in [0.1, 0.15) is 44.2 Å². The summed E-state index contributed by atoms with van der Waals surface area (Å²) < 4.78 is 0. The Balaban J connectivity index is 0.00000225. The molecule has 2 nitrogen and oxygen atoms in total. The first kappa shape index (κ1) is 15.6. The molecule has 0 aliphatic heterocycles. The van der Waals surface area contributed by atoms with Crippen LogP contribution in [0.4, 0.5) is 0 Å². The molecule has 0 amide bonds. The quantitative estimate of drug-likeness (QED) is 0.788. The third-order valence-electron chi connectivity index (χ3n) is 2.51. The lowest BCUT2D eigenvalue weighted by Gasteiger charge is -2.13. The molecule has 1 atom stereocenters. The van der Waals surface area contributed by atoms with Crippen molar-refractivity contribution in [2.24, 2.45) is 5.73 Å². The molecule has 0 radical (unpaired) electrons. The van der Waals surface area contributed by atoms with Gasteiger partial charge in [0.25, 0.3) is 0 Å². The largest absolute Gasteiger partial charge is 0.508 e. The van der Waals surface area contributed by atoms with Crippen molar-refractivity contribution in [2.75, 3.05) is 0 Å². The standard InChI is InChI=1S/C12H18ClNO.ClH/c1-2-3-4-5-11(14)10-8-9(13)6-7-12(10)15;/h6-8,11,15H,2-5,14H2,1H3;1H/t11-;/m1./s1. The maximum absolute atomic E-state index is 9.62. The summed E-state index contributed by atoms with van der Waals surface area (Å²) in [5, 5.41) is 10.2. The Morgan fingerprint density at radius 1 is 1.38 bits per heavy atom. The summed E-state index contributed by atoms with van der Waals surface area (Å²) in [5.41, 5.74) is 6.74. The second-order valence-electron chi connectivity index (χ2n) is 3.81. The number of nitrogens with two attached hydrogens (primary N) is 1. The summed E-state index contributed by atoms with van der Waals surface area (Å²) in [6.45, 7) is 2.16. The fourth-order valence-electron chi connectivity index (χ4n) is 1.59. The number of phenolic OH excluding ortho intramolecular Hbond substituents is 1. The zero-order valence-electron chi connectivity index (χ0n) is 9.45. The fourth-order valence-corrected chi connectivity index (χ4v) is 1.77. The molecular formula is C12H19Cl2NO. The molecule has 0 aliphatic rings. The van der Waals surface area contributed by atoms with Crippen molar-refractivity contribution in [3.05, 3.63) is 28.8 Å². The minimum atomic E-state index is -0.116. The van der Waals surface area contributed by atoms with Gasteiger partial charge >= 0.3 is 0 Å². The third kappa shape index (κ3) is 4.60. The number of unbranched alkanes of at least 4 members (excludes halogenated alkanes) is 2. The van der Waals surface area contributed by atoms with E-state index >= 15 is 0 Å². The molecular weight excluding hydrogens is 245 g/mol. The Kier molecular flexibility index (Phi) is 7.56. The number of rotatable bonds is 5. The van der Waals surface area contributed by atoms with Gasteiger partial charge in [0, 0.05) is 16.6 Å². The monoisotopic (exact) mass is 263 g/mol. The van der Waals surface area contributed by atoms with Crippen LogP contribution in [0.5, 0.6) is 5.75 Å². The van der Waals surface area contributed by atoms with Gasteiger partial charge < -0.3 is 10.8 Å². The van der Waals surface area contributed by atoms with Gasteiger partial charge in [0.05, 0.1) is 0 Å². The van der Waals surface area contributed by atoms with Crippen molar-refractivity contribution in [3.63, 3.8) is 0 Å². The maximum atomic E-state index is 9.62. The number of phenols is 1. The molecule has 0 heterocycles. The van der Waals surface area contributed by atoms with Crippen molar-refractivity contribution in [2.45, 2.75) is 38.6 Å². The van der Waals surface area contributed by atoms with E-state index in [1.54, 1.807) is 18.2 Å². The topological polar surface area (TPSA) is 46.2 Å². The molecule has 0 fully saturated rings. The minimum Gasteiger partial charge on any atom is -0.508 e. The SMILES string of the molecule is CCCCC[C@@H](N)c1cc(Cl)ccc1O.Cl. The van der Waals surface area contributed by atoms with Crippen molar-refractivity contribution in [1.29, 1.82) is 0 Å². The molecule has 4 heteroatoms. The molecule has 16 heavy (non-hydrogen) atoms. The lowest BCUT2D eigenvalue weighted by atomic mass is 10.0. The molecule has 1 rings (SSSR count). The Hall–Kier alpha value is -0.440. The molecule has 0 bridgehead atoms. The molecule has 0 spiro atoms. The molecule has 0 saturated heterocycles. The highest BCUT2D eigenvalue weighted by molar-refractivity contribution is 6.30. The molecule has 0 aliphatic carbocycles. The van der Waals surface area contributed by atoms with Gasteiger partial charge in [-0.25, -0.2) is 0 Å². The van der Waals surface area contributed by atoms with E-state index in [-0.39, 0.29) is 24.2 Å². The summed E-state index contributed by atoms with van der Waals surface area (Å²) in [6, 6.07) is 4.89. The van der Waals surface area contributed by atoms with Gasteiger partial charge in [-0.2, -0.15) is 0 Å². The highest BCUT2D eigenvalue weighted by atomic mass is 35.5. The van der Waals surface area contributed by atoms with E-state index in [9.17, 15) is 5.11 Å². The Bertz CT molecular complexity index is 318. The number of hydrogen-bond acceptors (Lipinski definition) is 2. The van der Waals surface area contributed by atoms with Crippen LogP contribution < -0.4 is 5.73 Å². The van der Waals surface area contributed by atoms with Crippen LogP contribution in [0.15, 0.2) is 18.2 Å². The predicted molar refractivity (Wildman–Crippen MR) is 71.4 cm³/mol. The Morgan fingerprint density at radius 3 is 2.69 bits per heavy atom. The lowest BCUT2D eigenvalue weighted by Crippen LogP contribution is -2.10. The molecule has 92 valence electrons. The van der Waals surface area contributed by atoms with Crippen molar-refractivity contribution >= 4 is 24.0 Å².